The van der Waals surface area contributed by atoms with Crippen molar-refractivity contribution in [3.05, 3.63) is 71.1 Å². The van der Waals surface area contributed by atoms with Gasteiger partial charge in [0.25, 0.3) is 5.91 Å². The van der Waals surface area contributed by atoms with E-state index in [-0.39, 0.29) is 11.6 Å². The third-order valence-electron chi connectivity index (χ3n) is 3.69. The van der Waals surface area contributed by atoms with E-state index in [1.54, 1.807) is 24.8 Å². The van der Waals surface area contributed by atoms with Gasteiger partial charge < -0.3 is 9.84 Å². The van der Waals surface area contributed by atoms with Crippen LogP contribution in [0.3, 0.4) is 0 Å². The van der Waals surface area contributed by atoms with Crippen LogP contribution in [-0.2, 0) is 0 Å². The smallest absolute Gasteiger partial charge is 0.277 e. The van der Waals surface area contributed by atoms with E-state index in [1.165, 1.54) is 16.0 Å². The third kappa shape index (κ3) is 3.86. The zero-order valence-corrected chi connectivity index (χ0v) is 14.6. The number of rotatable bonds is 4. The largest absolute Gasteiger partial charge is 0.361 e. The van der Waals surface area contributed by atoms with Gasteiger partial charge in [-0.2, -0.15) is 0 Å². The van der Waals surface area contributed by atoms with Gasteiger partial charge in [-0.15, -0.1) is 0 Å². The highest BCUT2D eigenvalue weighted by Crippen LogP contribution is 2.29. The van der Waals surface area contributed by atoms with Gasteiger partial charge in [0.2, 0.25) is 0 Å². The molecular weight excluding hydrogens is 320 g/mol. The van der Waals surface area contributed by atoms with Crippen molar-refractivity contribution in [2.45, 2.75) is 30.6 Å². The van der Waals surface area contributed by atoms with Crippen molar-refractivity contribution < 1.29 is 9.32 Å². The topological polar surface area (TPSA) is 55.1 Å². The fraction of sp³-hybridized carbons (Fsp3) is 0.158. The van der Waals surface area contributed by atoms with Crippen LogP contribution in [0, 0.1) is 20.8 Å². The molecule has 1 N–H and O–H groups in total. The molecule has 0 aliphatic carbocycles. The number of carbonyl (C=O) groups is 1. The Morgan fingerprint density at radius 1 is 0.958 bits per heavy atom. The summed E-state index contributed by atoms with van der Waals surface area (Å²) in [6.45, 7) is 5.98. The SMILES string of the molecule is Cc1cc(C(=O)Nc2ccc(Sc3ccc(C)c(C)c3)cc2)no1. The molecule has 24 heavy (non-hydrogen) atoms. The highest BCUT2D eigenvalue weighted by molar-refractivity contribution is 7.99. The first kappa shape index (κ1) is 16.3. The number of amides is 1. The lowest BCUT2D eigenvalue weighted by molar-refractivity contribution is 0.101. The van der Waals surface area contributed by atoms with Gasteiger partial charge in [0.05, 0.1) is 0 Å². The Morgan fingerprint density at radius 2 is 1.67 bits per heavy atom. The number of anilines is 1. The van der Waals surface area contributed by atoms with Crippen LogP contribution in [0.4, 0.5) is 5.69 Å². The van der Waals surface area contributed by atoms with Crippen molar-refractivity contribution in [2.75, 3.05) is 5.32 Å². The van der Waals surface area contributed by atoms with Crippen LogP contribution in [-0.4, -0.2) is 11.1 Å². The molecule has 0 fully saturated rings. The Hall–Kier alpha value is -2.53. The number of hydrogen-bond acceptors (Lipinski definition) is 4. The molecule has 0 unspecified atom stereocenters. The van der Waals surface area contributed by atoms with Crippen molar-refractivity contribution in [3.8, 4) is 0 Å². The fourth-order valence-corrected chi connectivity index (χ4v) is 3.10. The van der Waals surface area contributed by atoms with E-state index in [4.69, 9.17) is 4.52 Å². The standard InChI is InChI=1S/C19H18N2O2S/c1-12-4-7-17(10-13(12)2)24-16-8-5-15(6-9-16)20-19(22)18-11-14(3)23-21-18/h4-11H,1-3H3,(H,20,22). The number of aromatic nitrogens is 1. The number of aryl methyl sites for hydroxylation is 3. The van der Waals surface area contributed by atoms with Gasteiger partial charge in [-0.05, 0) is 68.3 Å². The maximum atomic E-state index is 12.0. The summed E-state index contributed by atoms with van der Waals surface area (Å²) in [7, 11) is 0. The van der Waals surface area contributed by atoms with Crippen LogP contribution in [0.5, 0.6) is 0 Å². The minimum Gasteiger partial charge on any atom is -0.361 e. The Labute approximate surface area is 145 Å². The molecule has 0 saturated heterocycles. The van der Waals surface area contributed by atoms with Gasteiger partial charge in [0.1, 0.15) is 5.76 Å². The Balaban J connectivity index is 1.66. The number of nitrogens with zero attached hydrogens (tertiary/aromatic N) is 1. The van der Waals surface area contributed by atoms with Crippen molar-refractivity contribution in [1.29, 1.82) is 0 Å². The monoisotopic (exact) mass is 338 g/mol. The highest BCUT2D eigenvalue weighted by atomic mass is 32.2. The molecule has 122 valence electrons. The Kier molecular flexibility index (Phi) is 4.71. The summed E-state index contributed by atoms with van der Waals surface area (Å²) in [5, 5.41) is 6.52. The summed E-state index contributed by atoms with van der Waals surface area (Å²) < 4.78 is 4.91. The lowest BCUT2D eigenvalue weighted by atomic mass is 10.1. The van der Waals surface area contributed by atoms with E-state index in [0.717, 1.165) is 10.6 Å². The number of hydrogen-bond donors (Lipinski definition) is 1. The van der Waals surface area contributed by atoms with Crippen LogP contribution in [0.25, 0.3) is 0 Å². The molecule has 1 aromatic heterocycles. The van der Waals surface area contributed by atoms with E-state index in [0.29, 0.717) is 5.76 Å². The number of nitrogens with one attached hydrogen (secondary N) is 1. The van der Waals surface area contributed by atoms with Crippen molar-refractivity contribution in [3.63, 3.8) is 0 Å². The van der Waals surface area contributed by atoms with Crippen molar-refractivity contribution in [2.24, 2.45) is 0 Å². The first-order chi connectivity index (χ1) is 11.5. The zero-order chi connectivity index (χ0) is 17.1. The van der Waals surface area contributed by atoms with Crippen LogP contribution in [0.15, 0.2) is 62.8 Å². The van der Waals surface area contributed by atoms with Crippen LogP contribution in [0.2, 0.25) is 0 Å². The second-order valence-corrected chi connectivity index (χ2v) is 6.80. The van der Waals surface area contributed by atoms with E-state index < -0.39 is 0 Å². The molecule has 3 rings (SSSR count). The predicted octanol–water partition coefficient (Wildman–Crippen LogP) is 5.00. The Bertz CT molecular complexity index is 869. The molecule has 5 heteroatoms. The molecule has 0 radical (unpaired) electrons. The molecule has 3 aromatic rings. The van der Waals surface area contributed by atoms with Gasteiger partial charge >= 0.3 is 0 Å². The molecule has 0 spiro atoms. The number of carbonyl (C=O) groups excluding carboxylic acids is 1. The minimum atomic E-state index is -0.276. The molecule has 0 bridgehead atoms. The van der Waals surface area contributed by atoms with E-state index in [1.807, 2.05) is 24.3 Å². The van der Waals surface area contributed by atoms with Gasteiger partial charge in [-0.3, -0.25) is 4.79 Å². The summed E-state index contributed by atoms with van der Waals surface area (Å²) in [5.41, 5.74) is 3.58. The van der Waals surface area contributed by atoms with E-state index in [2.05, 4.69) is 42.5 Å². The maximum Gasteiger partial charge on any atom is 0.277 e. The maximum absolute atomic E-state index is 12.0. The summed E-state index contributed by atoms with van der Waals surface area (Å²) in [6.07, 6.45) is 0. The van der Waals surface area contributed by atoms with E-state index >= 15 is 0 Å². The van der Waals surface area contributed by atoms with E-state index in [9.17, 15) is 4.79 Å². The van der Waals surface area contributed by atoms with Crippen molar-refractivity contribution >= 4 is 23.4 Å². The average Bonchev–Trinajstić information content (AvgIpc) is 2.99. The van der Waals surface area contributed by atoms with Crippen molar-refractivity contribution in [1.82, 2.24) is 5.16 Å². The van der Waals surface area contributed by atoms with Crippen LogP contribution >= 0.6 is 11.8 Å². The molecule has 2 aromatic carbocycles. The van der Waals surface area contributed by atoms with Gasteiger partial charge in [-0.25, -0.2) is 0 Å². The molecular formula is C19H18N2O2S. The fourth-order valence-electron chi connectivity index (χ4n) is 2.19. The second kappa shape index (κ2) is 6.93. The highest BCUT2D eigenvalue weighted by Gasteiger charge is 2.11. The second-order valence-electron chi connectivity index (χ2n) is 5.65. The lowest BCUT2D eigenvalue weighted by Gasteiger charge is -2.07. The predicted molar refractivity (Wildman–Crippen MR) is 95.7 cm³/mol. The van der Waals surface area contributed by atoms with Crippen LogP contribution in [0.1, 0.15) is 27.4 Å². The number of benzene rings is 2. The molecule has 1 amide bonds. The molecule has 1 heterocycles. The van der Waals surface area contributed by atoms with Gasteiger partial charge in [-0.1, -0.05) is 23.0 Å². The molecule has 0 atom stereocenters. The minimum absolute atomic E-state index is 0.276. The molecule has 4 nitrogen and oxygen atoms in total. The normalized spacial score (nSPS) is 10.6. The third-order valence-corrected chi connectivity index (χ3v) is 4.68. The quantitative estimate of drug-likeness (QED) is 0.727. The molecule has 0 aliphatic rings. The lowest BCUT2D eigenvalue weighted by Crippen LogP contribution is -2.11. The first-order valence-corrected chi connectivity index (χ1v) is 8.43. The van der Waals surface area contributed by atoms with Crippen LogP contribution < -0.4 is 5.32 Å². The summed E-state index contributed by atoms with van der Waals surface area (Å²) in [6, 6.07) is 15.8. The summed E-state index contributed by atoms with van der Waals surface area (Å²) >= 11 is 1.70. The average molecular weight is 338 g/mol. The zero-order valence-electron chi connectivity index (χ0n) is 13.8. The molecule has 0 saturated carbocycles. The first-order valence-electron chi connectivity index (χ1n) is 7.61. The van der Waals surface area contributed by atoms with Gasteiger partial charge in [0.15, 0.2) is 5.69 Å². The summed E-state index contributed by atoms with van der Waals surface area (Å²) in [5.74, 6) is 0.335. The Morgan fingerprint density at radius 3 is 2.29 bits per heavy atom. The summed E-state index contributed by atoms with van der Waals surface area (Å²) in [4.78, 5) is 14.4. The molecule has 0 aliphatic heterocycles. The van der Waals surface area contributed by atoms with Gasteiger partial charge in [0, 0.05) is 21.5 Å².